The molecule has 0 saturated carbocycles. The van der Waals surface area contributed by atoms with Gasteiger partial charge in [0.05, 0.1) is 13.2 Å². The minimum Gasteiger partial charge on any atom is -0.468 e. The summed E-state index contributed by atoms with van der Waals surface area (Å²) in [6.07, 6.45) is 2.04. The Kier molecular flexibility index (Phi) is 6.37. The van der Waals surface area contributed by atoms with Crippen LogP contribution in [0.1, 0.15) is 37.9 Å². The summed E-state index contributed by atoms with van der Waals surface area (Å²) in [4.78, 5) is 12.2. The van der Waals surface area contributed by atoms with Crippen LogP contribution in [0.2, 0.25) is 0 Å². The Morgan fingerprint density at radius 2 is 1.92 bits per heavy atom. The molecule has 134 valence electrons. The third kappa shape index (κ3) is 4.78. The Labute approximate surface area is 143 Å². The molecule has 0 N–H and O–H groups in total. The maximum atomic E-state index is 12.2. The molecule has 1 saturated heterocycles. The van der Waals surface area contributed by atoms with Crippen LogP contribution in [0.4, 0.5) is 0 Å². The summed E-state index contributed by atoms with van der Waals surface area (Å²) in [5.41, 5.74) is 0.597. The molecule has 0 aliphatic carbocycles. The monoisotopic (exact) mass is 356 g/mol. The number of esters is 1. The lowest BCUT2D eigenvalue weighted by molar-refractivity contribution is -0.214. The number of benzene rings is 1. The van der Waals surface area contributed by atoms with Crippen molar-refractivity contribution in [2.24, 2.45) is 0 Å². The molecule has 0 spiro atoms. The largest absolute Gasteiger partial charge is 0.468 e. The second kappa shape index (κ2) is 8.09. The van der Waals surface area contributed by atoms with Crippen LogP contribution >= 0.6 is 0 Å². The van der Waals surface area contributed by atoms with Gasteiger partial charge in [0.25, 0.3) is 0 Å². The highest BCUT2D eigenvalue weighted by Gasteiger charge is 2.41. The molecule has 0 bridgehead atoms. The predicted octanol–water partition coefficient (Wildman–Crippen LogP) is 2.25. The summed E-state index contributed by atoms with van der Waals surface area (Å²) in [5.74, 6) is -0.838. The first kappa shape index (κ1) is 18.9. The molecule has 0 aromatic heterocycles. The van der Waals surface area contributed by atoms with E-state index in [0.29, 0.717) is 12.0 Å². The van der Waals surface area contributed by atoms with Crippen molar-refractivity contribution in [1.82, 2.24) is 0 Å². The van der Waals surface area contributed by atoms with Crippen molar-refractivity contribution in [3.8, 4) is 0 Å². The molecule has 1 aliphatic heterocycles. The lowest BCUT2D eigenvalue weighted by Crippen LogP contribution is -2.40. The summed E-state index contributed by atoms with van der Waals surface area (Å²) in [7, 11) is -2.57. The quantitative estimate of drug-likeness (QED) is 0.728. The summed E-state index contributed by atoms with van der Waals surface area (Å²) < 4.78 is 40.9. The number of ether oxygens (including phenoxy) is 3. The van der Waals surface area contributed by atoms with E-state index in [0.717, 1.165) is 19.1 Å². The molecule has 6 nitrogen and oxygen atoms in total. The average Bonchev–Trinajstić information content (AvgIpc) is 2.53. The van der Waals surface area contributed by atoms with Crippen molar-refractivity contribution in [3.05, 3.63) is 35.9 Å². The molecule has 7 heteroatoms. The second-order valence-corrected chi connectivity index (χ2v) is 8.21. The topological polar surface area (TPSA) is 78.9 Å². The zero-order valence-electron chi connectivity index (χ0n) is 14.2. The van der Waals surface area contributed by atoms with Gasteiger partial charge in [-0.2, -0.15) is 0 Å². The fourth-order valence-electron chi connectivity index (χ4n) is 2.84. The van der Waals surface area contributed by atoms with Crippen LogP contribution in [0.25, 0.3) is 0 Å². The van der Waals surface area contributed by atoms with Crippen LogP contribution in [0, 0.1) is 0 Å². The van der Waals surface area contributed by atoms with Crippen molar-refractivity contribution in [3.63, 3.8) is 0 Å². The van der Waals surface area contributed by atoms with Crippen LogP contribution < -0.4 is 0 Å². The highest BCUT2D eigenvalue weighted by molar-refractivity contribution is 7.92. The third-order valence-corrected chi connectivity index (χ3v) is 5.39. The van der Waals surface area contributed by atoms with Crippen LogP contribution in [-0.2, 0) is 28.8 Å². The average molecular weight is 356 g/mol. The normalized spacial score (nSPS) is 24.1. The Hall–Kier alpha value is -1.44. The van der Waals surface area contributed by atoms with Gasteiger partial charge in [-0.3, -0.25) is 4.79 Å². The number of hydrogen-bond donors (Lipinski definition) is 0. The third-order valence-electron chi connectivity index (χ3n) is 4.03. The van der Waals surface area contributed by atoms with E-state index in [-0.39, 0.29) is 6.10 Å². The number of rotatable bonds is 6. The minimum atomic E-state index is -3.74. The number of carbonyl (C=O) groups excluding carboxylic acids is 1. The maximum absolute atomic E-state index is 12.2. The zero-order valence-corrected chi connectivity index (χ0v) is 15.0. The van der Waals surface area contributed by atoms with Gasteiger partial charge in [-0.1, -0.05) is 30.3 Å². The van der Waals surface area contributed by atoms with Crippen molar-refractivity contribution >= 4 is 15.8 Å². The fourth-order valence-corrected chi connectivity index (χ4v) is 3.95. The molecule has 1 aromatic carbocycles. The van der Waals surface area contributed by atoms with E-state index < -0.39 is 33.5 Å². The number of methoxy groups -OCH3 is 1. The lowest BCUT2D eigenvalue weighted by Gasteiger charge is -2.33. The number of hydrogen-bond acceptors (Lipinski definition) is 6. The maximum Gasteiger partial charge on any atom is 0.327 e. The number of carbonyl (C=O) groups is 1. The van der Waals surface area contributed by atoms with Crippen LogP contribution in [0.15, 0.2) is 30.3 Å². The van der Waals surface area contributed by atoms with E-state index in [1.54, 1.807) is 24.3 Å². The van der Waals surface area contributed by atoms with Crippen molar-refractivity contribution in [1.29, 1.82) is 0 Å². The van der Waals surface area contributed by atoms with Gasteiger partial charge in [-0.25, -0.2) is 8.42 Å². The lowest BCUT2D eigenvalue weighted by atomic mass is 10.1. The molecule has 4 atom stereocenters. The standard InChI is InChI=1S/C17H24O6S/c1-12-8-7-11-14(22-12)23-15(13-9-5-4-6-10-13)16(17(18)21-2)24(3,19)20/h4-6,9-10,12,14-16H,7-8,11H2,1-3H3/t12-,14?,15+,16?/m0/s1. The highest BCUT2D eigenvalue weighted by Crippen LogP contribution is 2.31. The summed E-state index contributed by atoms with van der Waals surface area (Å²) in [5, 5.41) is -1.44. The van der Waals surface area contributed by atoms with E-state index in [1.807, 2.05) is 13.0 Å². The first-order chi connectivity index (χ1) is 11.3. The van der Waals surface area contributed by atoms with Gasteiger partial charge in [0.2, 0.25) is 0 Å². The number of sulfone groups is 1. The Balaban J connectivity index is 2.36. The van der Waals surface area contributed by atoms with Gasteiger partial charge < -0.3 is 14.2 Å². The first-order valence-corrected chi connectivity index (χ1v) is 9.91. The van der Waals surface area contributed by atoms with E-state index in [2.05, 4.69) is 0 Å². The van der Waals surface area contributed by atoms with Gasteiger partial charge in [0.1, 0.15) is 6.10 Å². The van der Waals surface area contributed by atoms with Crippen molar-refractivity contribution in [2.75, 3.05) is 13.4 Å². The molecule has 1 fully saturated rings. The molecule has 0 radical (unpaired) electrons. The molecular formula is C17H24O6S. The Bertz CT molecular complexity index is 642. The van der Waals surface area contributed by atoms with Crippen LogP contribution in [0.3, 0.4) is 0 Å². The summed E-state index contributed by atoms with van der Waals surface area (Å²) in [6.45, 7) is 1.95. The fraction of sp³-hybridized carbons (Fsp3) is 0.588. The second-order valence-electron chi connectivity index (χ2n) is 6.05. The summed E-state index contributed by atoms with van der Waals surface area (Å²) in [6, 6.07) is 8.82. The molecular weight excluding hydrogens is 332 g/mol. The SMILES string of the molecule is COC(=O)C([C@H](OC1CCC[C@H](C)O1)c1ccccc1)S(C)(=O)=O. The van der Waals surface area contributed by atoms with Gasteiger partial charge >= 0.3 is 5.97 Å². The van der Waals surface area contributed by atoms with Crippen molar-refractivity contribution in [2.45, 2.75) is 49.9 Å². The predicted molar refractivity (Wildman–Crippen MR) is 89.1 cm³/mol. The van der Waals surface area contributed by atoms with Gasteiger partial charge in [-0.15, -0.1) is 0 Å². The highest BCUT2D eigenvalue weighted by atomic mass is 32.2. The molecule has 2 unspecified atom stereocenters. The molecule has 0 amide bonds. The zero-order chi connectivity index (χ0) is 17.7. The Morgan fingerprint density at radius 3 is 2.46 bits per heavy atom. The van der Waals surface area contributed by atoms with Crippen LogP contribution in [-0.4, -0.2) is 45.4 Å². The van der Waals surface area contributed by atoms with E-state index in [4.69, 9.17) is 14.2 Å². The summed E-state index contributed by atoms with van der Waals surface area (Å²) >= 11 is 0. The molecule has 1 heterocycles. The Morgan fingerprint density at radius 1 is 1.25 bits per heavy atom. The molecule has 24 heavy (non-hydrogen) atoms. The smallest absolute Gasteiger partial charge is 0.327 e. The molecule has 1 aromatic rings. The van der Waals surface area contributed by atoms with Gasteiger partial charge in [-0.05, 0) is 31.7 Å². The van der Waals surface area contributed by atoms with E-state index in [9.17, 15) is 13.2 Å². The van der Waals surface area contributed by atoms with Gasteiger partial charge in [0.15, 0.2) is 21.4 Å². The minimum absolute atomic E-state index is 0.0370. The molecule has 2 rings (SSSR count). The van der Waals surface area contributed by atoms with E-state index >= 15 is 0 Å². The van der Waals surface area contributed by atoms with Crippen molar-refractivity contribution < 1.29 is 27.4 Å². The van der Waals surface area contributed by atoms with Gasteiger partial charge in [0, 0.05) is 6.26 Å². The first-order valence-electron chi connectivity index (χ1n) is 7.95. The van der Waals surface area contributed by atoms with E-state index in [1.165, 1.54) is 7.11 Å². The molecule has 1 aliphatic rings. The van der Waals surface area contributed by atoms with Crippen LogP contribution in [0.5, 0.6) is 0 Å².